The number of likely N-dealkylation sites (tertiary alicyclic amines) is 1. The fourth-order valence-electron chi connectivity index (χ4n) is 6.97. The first-order valence-corrected chi connectivity index (χ1v) is 14.0. The average Bonchev–Trinajstić information content (AvgIpc) is 3.48. The zero-order valence-corrected chi connectivity index (χ0v) is 23.4. The molecule has 1 saturated carbocycles. The lowest BCUT2D eigenvalue weighted by Gasteiger charge is -2.28. The van der Waals surface area contributed by atoms with Gasteiger partial charge in [0.05, 0.1) is 18.4 Å². The second kappa shape index (κ2) is 8.97. The fraction of sp³-hybridized carbons (Fsp3) is 0.188. The minimum absolute atomic E-state index is 0.0588. The van der Waals surface area contributed by atoms with Gasteiger partial charge in [0, 0.05) is 56.8 Å². The number of carbonyl (C=O) groups is 4. The molecular formula is C32H22F3N5O5. The fourth-order valence-corrected chi connectivity index (χ4v) is 6.97. The van der Waals surface area contributed by atoms with E-state index in [1.54, 1.807) is 30.3 Å². The first-order chi connectivity index (χ1) is 21.5. The number of fused-ring (bicyclic) bond motifs is 3. The first-order valence-electron chi connectivity index (χ1n) is 14.0. The number of amides is 2. The molecular weight excluding hydrogens is 591 g/mol. The predicted octanol–water partition coefficient (Wildman–Crippen LogP) is 5.53. The summed E-state index contributed by atoms with van der Waals surface area (Å²) in [5.74, 6) is -3.06. The zero-order valence-electron chi connectivity index (χ0n) is 23.4. The van der Waals surface area contributed by atoms with E-state index in [1.807, 2.05) is 24.3 Å². The van der Waals surface area contributed by atoms with E-state index >= 15 is 0 Å². The van der Waals surface area contributed by atoms with Crippen LogP contribution in [0.2, 0.25) is 0 Å². The van der Waals surface area contributed by atoms with Crippen molar-refractivity contribution in [2.24, 2.45) is 5.92 Å². The zero-order chi connectivity index (χ0) is 31.4. The molecule has 2 atom stereocenters. The molecule has 1 saturated heterocycles. The number of esters is 1. The van der Waals surface area contributed by atoms with Gasteiger partial charge in [0.15, 0.2) is 0 Å². The number of para-hydroxylation sites is 1. The SMILES string of the molecule is COC(=O)c1c(C(F)(F)F)[nH]c2c1[C@]13C[C@@H]1CN(C(=O)c1cc4cc(NC(=O)c5cc6ccccc6[nH]5)ccc4[nH]1)C3=CC2=O. The van der Waals surface area contributed by atoms with E-state index in [4.69, 9.17) is 4.74 Å². The van der Waals surface area contributed by atoms with Crippen LogP contribution < -0.4 is 5.32 Å². The quantitative estimate of drug-likeness (QED) is 0.198. The van der Waals surface area contributed by atoms with E-state index in [0.717, 1.165) is 18.0 Å². The number of methoxy groups -OCH3 is 1. The van der Waals surface area contributed by atoms with Gasteiger partial charge in [0.2, 0.25) is 5.78 Å². The Kier molecular flexibility index (Phi) is 5.38. The third-order valence-corrected chi connectivity index (χ3v) is 9.02. The number of alkyl halides is 3. The lowest BCUT2D eigenvalue weighted by atomic mass is 9.82. The van der Waals surface area contributed by atoms with Crippen LogP contribution in [0.3, 0.4) is 0 Å². The largest absolute Gasteiger partial charge is 0.465 e. The number of hydrogen-bond acceptors (Lipinski definition) is 5. The molecule has 10 nitrogen and oxygen atoms in total. The molecule has 2 aliphatic carbocycles. The van der Waals surface area contributed by atoms with E-state index in [-0.39, 0.29) is 41.0 Å². The Morgan fingerprint density at radius 3 is 2.47 bits per heavy atom. The van der Waals surface area contributed by atoms with Crippen LogP contribution >= 0.6 is 0 Å². The number of allylic oxidation sites excluding steroid dienone is 2. The lowest BCUT2D eigenvalue weighted by Crippen LogP contribution is -2.34. The van der Waals surface area contributed by atoms with Crippen molar-refractivity contribution in [3.8, 4) is 0 Å². The van der Waals surface area contributed by atoms with Crippen LogP contribution in [0, 0.1) is 5.92 Å². The van der Waals surface area contributed by atoms with Crippen LogP contribution in [-0.4, -0.2) is 57.1 Å². The van der Waals surface area contributed by atoms with E-state index in [2.05, 4.69) is 20.3 Å². The number of nitrogens with one attached hydrogen (secondary N) is 4. The molecule has 3 aliphatic rings. The Bertz CT molecular complexity index is 2150. The summed E-state index contributed by atoms with van der Waals surface area (Å²) in [7, 11) is 0.977. The molecule has 226 valence electrons. The summed E-state index contributed by atoms with van der Waals surface area (Å²) >= 11 is 0. The predicted molar refractivity (Wildman–Crippen MR) is 155 cm³/mol. The van der Waals surface area contributed by atoms with Gasteiger partial charge >= 0.3 is 12.1 Å². The molecule has 8 rings (SSSR count). The van der Waals surface area contributed by atoms with Crippen LogP contribution in [0.1, 0.15) is 59.5 Å². The Morgan fingerprint density at radius 2 is 1.71 bits per heavy atom. The van der Waals surface area contributed by atoms with Gasteiger partial charge in [0.25, 0.3) is 11.8 Å². The van der Waals surface area contributed by atoms with Crippen molar-refractivity contribution in [1.82, 2.24) is 19.9 Å². The number of H-pyrrole nitrogens is 3. The molecule has 1 aliphatic heterocycles. The molecule has 1 spiro atoms. The summed E-state index contributed by atoms with van der Waals surface area (Å²) in [6.45, 7) is 0.158. The number of aromatic amines is 3. The van der Waals surface area contributed by atoms with Gasteiger partial charge < -0.3 is 29.9 Å². The minimum Gasteiger partial charge on any atom is -0.465 e. The highest BCUT2D eigenvalue weighted by Crippen LogP contribution is 2.68. The summed E-state index contributed by atoms with van der Waals surface area (Å²) in [6, 6.07) is 16.0. The third kappa shape index (κ3) is 3.82. The van der Waals surface area contributed by atoms with Crippen molar-refractivity contribution in [2.75, 3.05) is 19.0 Å². The highest BCUT2D eigenvalue weighted by molar-refractivity contribution is 6.12. The number of anilines is 1. The van der Waals surface area contributed by atoms with E-state index < -0.39 is 40.5 Å². The van der Waals surface area contributed by atoms with Crippen molar-refractivity contribution < 1.29 is 37.1 Å². The number of halogens is 3. The van der Waals surface area contributed by atoms with Crippen LogP contribution in [0.4, 0.5) is 18.9 Å². The summed E-state index contributed by atoms with van der Waals surface area (Å²) in [5, 5.41) is 4.39. The maximum absolute atomic E-state index is 13.9. The normalized spacial score (nSPS) is 20.1. The maximum atomic E-state index is 13.9. The Balaban J connectivity index is 1.09. The smallest absolute Gasteiger partial charge is 0.432 e. The van der Waals surface area contributed by atoms with Crippen LogP contribution in [-0.2, 0) is 16.3 Å². The number of nitrogens with zero attached hydrogens (tertiary/aromatic N) is 1. The standard InChI is InChI=1S/C32H22F3N5O5/c1-45-30(44)24-25-26(39-27(24)32(33,34)35)22(41)11-23-31(25)12-16(31)13-40(23)29(43)21-10-15-8-17(6-7-19(15)38-21)36-28(42)20-9-14-4-2-3-5-18(14)37-20/h2-11,16,37-39H,12-13H2,1H3,(H,36,42)/t16-,31-/m1/s1. The first kappa shape index (κ1) is 27.0. The van der Waals surface area contributed by atoms with E-state index in [0.29, 0.717) is 28.7 Å². The monoisotopic (exact) mass is 613 g/mol. The van der Waals surface area contributed by atoms with Gasteiger partial charge in [-0.05, 0) is 48.7 Å². The number of aromatic nitrogens is 3. The van der Waals surface area contributed by atoms with Gasteiger partial charge in [-0.2, -0.15) is 13.2 Å². The molecule has 0 bridgehead atoms. The van der Waals surface area contributed by atoms with Gasteiger partial charge in [-0.15, -0.1) is 0 Å². The average molecular weight is 614 g/mol. The second-order valence-corrected chi connectivity index (χ2v) is 11.5. The molecule has 5 aromatic rings. The molecule has 2 amide bonds. The van der Waals surface area contributed by atoms with Gasteiger partial charge in [-0.1, -0.05) is 18.2 Å². The summed E-state index contributed by atoms with van der Waals surface area (Å²) in [6.07, 6.45) is -3.37. The number of carbonyl (C=O) groups excluding carboxylic acids is 4. The van der Waals surface area contributed by atoms with Crippen molar-refractivity contribution in [3.63, 3.8) is 0 Å². The van der Waals surface area contributed by atoms with Crippen LogP contribution in [0.25, 0.3) is 21.8 Å². The Morgan fingerprint density at radius 1 is 0.978 bits per heavy atom. The molecule has 13 heteroatoms. The van der Waals surface area contributed by atoms with Crippen molar-refractivity contribution in [3.05, 3.63) is 100 Å². The number of ether oxygens (including phenoxy) is 1. The Hall–Kier alpha value is -5.59. The van der Waals surface area contributed by atoms with Crippen LogP contribution in [0.15, 0.2) is 66.4 Å². The second-order valence-electron chi connectivity index (χ2n) is 11.5. The van der Waals surface area contributed by atoms with Gasteiger partial charge in [0.1, 0.15) is 17.1 Å². The third-order valence-electron chi connectivity index (χ3n) is 9.02. The van der Waals surface area contributed by atoms with Crippen molar-refractivity contribution >= 4 is 51.1 Å². The highest BCUT2D eigenvalue weighted by Gasteiger charge is 2.69. The van der Waals surface area contributed by atoms with Crippen LogP contribution in [0.5, 0.6) is 0 Å². The lowest BCUT2D eigenvalue weighted by molar-refractivity contribution is -0.141. The summed E-state index contributed by atoms with van der Waals surface area (Å²) in [4.78, 5) is 62.1. The molecule has 0 radical (unpaired) electrons. The highest BCUT2D eigenvalue weighted by atomic mass is 19.4. The van der Waals surface area contributed by atoms with E-state index in [1.165, 1.54) is 11.0 Å². The Labute approximate surface area is 251 Å². The van der Waals surface area contributed by atoms with Crippen molar-refractivity contribution in [2.45, 2.75) is 18.0 Å². The number of piperidine rings is 1. The molecule has 3 aromatic heterocycles. The van der Waals surface area contributed by atoms with Gasteiger partial charge in [-0.3, -0.25) is 14.4 Å². The maximum Gasteiger partial charge on any atom is 0.432 e. The van der Waals surface area contributed by atoms with Crippen molar-refractivity contribution in [1.29, 1.82) is 0 Å². The number of ketones is 1. The molecule has 4 N–H and O–H groups in total. The minimum atomic E-state index is -4.94. The van der Waals surface area contributed by atoms with Gasteiger partial charge in [-0.25, -0.2) is 4.79 Å². The number of benzene rings is 2. The summed E-state index contributed by atoms with van der Waals surface area (Å²) < 4.78 is 46.5. The molecule has 4 heterocycles. The molecule has 2 fully saturated rings. The molecule has 45 heavy (non-hydrogen) atoms. The summed E-state index contributed by atoms with van der Waals surface area (Å²) in [5.41, 5.74) is -0.720. The molecule has 2 aromatic carbocycles. The number of hydrogen-bond donors (Lipinski definition) is 4. The number of rotatable bonds is 4. The topological polar surface area (TPSA) is 140 Å². The van der Waals surface area contributed by atoms with E-state index in [9.17, 15) is 32.3 Å². The molecule has 0 unspecified atom stereocenters.